The lowest BCUT2D eigenvalue weighted by atomic mass is 10.0. The van der Waals surface area contributed by atoms with Crippen LogP contribution < -0.4 is 10.5 Å². The second kappa shape index (κ2) is 7.07. The van der Waals surface area contributed by atoms with Crippen LogP contribution in [0.3, 0.4) is 0 Å². The number of morpholine rings is 1. The molecule has 112 valence electrons. The Balaban J connectivity index is 2.10. The van der Waals surface area contributed by atoms with Crippen LogP contribution in [-0.2, 0) is 4.74 Å². The molecule has 1 heterocycles. The molecule has 0 spiro atoms. The standard InChI is InChI=1S/C16H26N2O2/c1-4-19-15-7-5-14(6-8-15)16(9-17)18-10-12(2)20-13(3)11-18/h5-8,12-13,16H,4,9-11,17H2,1-3H3/t12-,13-,16+/m0/s1. The summed E-state index contributed by atoms with van der Waals surface area (Å²) in [5.41, 5.74) is 7.26. The number of benzene rings is 1. The van der Waals surface area contributed by atoms with Gasteiger partial charge in [0.1, 0.15) is 5.75 Å². The number of rotatable bonds is 5. The van der Waals surface area contributed by atoms with E-state index in [0.717, 1.165) is 18.8 Å². The highest BCUT2D eigenvalue weighted by Gasteiger charge is 2.28. The predicted molar refractivity (Wildman–Crippen MR) is 81.0 cm³/mol. The van der Waals surface area contributed by atoms with Gasteiger partial charge in [0, 0.05) is 25.7 Å². The van der Waals surface area contributed by atoms with Crippen molar-refractivity contribution in [3.63, 3.8) is 0 Å². The third-order valence-electron chi connectivity index (χ3n) is 3.69. The van der Waals surface area contributed by atoms with Crippen LogP contribution in [-0.4, -0.2) is 43.3 Å². The molecule has 0 aromatic heterocycles. The lowest BCUT2D eigenvalue weighted by Gasteiger charge is -2.40. The van der Waals surface area contributed by atoms with Crippen LogP contribution in [0, 0.1) is 0 Å². The van der Waals surface area contributed by atoms with Crippen LogP contribution in [0.15, 0.2) is 24.3 Å². The van der Waals surface area contributed by atoms with Gasteiger partial charge in [-0.1, -0.05) is 12.1 Å². The molecule has 2 N–H and O–H groups in total. The summed E-state index contributed by atoms with van der Waals surface area (Å²) < 4.78 is 11.3. The van der Waals surface area contributed by atoms with Crippen molar-refractivity contribution in [3.05, 3.63) is 29.8 Å². The highest BCUT2D eigenvalue weighted by molar-refractivity contribution is 5.29. The second-order valence-corrected chi connectivity index (χ2v) is 5.46. The van der Waals surface area contributed by atoms with E-state index in [1.807, 2.05) is 19.1 Å². The summed E-state index contributed by atoms with van der Waals surface area (Å²) in [5, 5.41) is 0. The van der Waals surface area contributed by atoms with Crippen molar-refractivity contribution in [1.82, 2.24) is 4.90 Å². The molecular weight excluding hydrogens is 252 g/mol. The van der Waals surface area contributed by atoms with Gasteiger partial charge in [0.05, 0.1) is 18.8 Å². The first-order valence-corrected chi connectivity index (χ1v) is 7.46. The minimum Gasteiger partial charge on any atom is -0.494 e. The van der Waals surface area contributed by atoms with Gasteiger partial charge in [-0.15, -0.1) is 0 Å². The number of hydrogen-bond acceptors (Lipinski definition) is 4. The monoisotopic (exact) mass is 278 g/mol. The van der Waals surface area contributed by atoms with Gasteiger partial charge in [-0.05, 0) is 38.5 Å². The molecular formula is C16H26N2O2. The zero-order chi connectivity index (χ0) is 14.5. The number of nitrogens with two attached hydrogens (primary N) is 1. The number of nitrogens with zero attached hydrogens (tertiary/aromatic N) is 1. The van der Waals surface area contributed by atoms with E-state index in [9.17, 15) is 0 Å². The molecule has 2 rings (SSSR count). The van der Waals surface area contributed by atoms with E-state index in [-0.39, 0.29) is 18.2 Å². The van der Waals surface area contributed by atoms with E-state index >= 15 is 0 Å². The van der Waals surface area contributed by atoms with Gasteiger partial charge < -0.3 is 15.2 Å². The van der Waals surface area contributed by atoms with Gasteiger partial charge in [0.15, 0.2) is 0 Å². The van der Waals surface area contributed by atoms with Gasteiger partial charge in [0.2, 0.25) is 0 Å². The SMILES string of the molecule is CCOc1ccc([C@@H](CN)N2C[C@H](C)O[C@@H](C)C2)cc1. The van der Waals surface area contributed by atoms with Crippen LogP contribution in [0.1, 0.15) is 32.4 Å². The number of ether oxygens (including phenoxy) is 2. The van der Waals surface area contributed by atoms with Gasteiger partial charge in [0.25, 0.3) is 0 Å². The second-order valence-electron chi connectivity index (χ2n) is 5.46. The molecule has 1 fully saturated rings. The van der Waals surface area contributed by atoms with Crippen molar-refractivity contribution in [2.45, 2.75) is 39.0 Å². The molecule has 0 unspecified atom stereocenters. The molecule has 0 bridgehead atoms. The summed E-state index contributed by atoms with van der Waals surface area (Å²) in [7, 11) is 0. The maximum Gasteiger partial charge on any atom is 0.119 e. The van der Waals surface area contributed by atoms with E-state index in [1.165, 1.54) is 5.56 Å². The quantitative estimate of drug-likeness (QED) is 0.897. The van der Waals surface area contributed by atoms with Crippen LogP contribution in [0.5, 0.6) is 5.75 Å². The first-order valence-electron chi connectivity index (χ1n) is 7.46. The smallest absolute Gasteiger partial charge is 0.119 e. The lowest BCUT2D eigenvalue weighted by molar-refractivity contribution is -0.0799. The topological polar surface area (TPSA) is 47.7 Å². The Morgan fingerprint density at radius 1 is 1.25 bits per heavy atom. The first-order chi connectivity index (χ1) is 9.63. The van der Waals surface area contributed by atoms with Crippen LogP contribution >= 0.6 is 0 Å². The fraction of sp³-hybridized carbons (Fsp3) is 0.625. The number of hydrogen-bond donors (Lipinski definition) is 1. The van der Waals surface area contributed by atoms with Crippen molar-refractivity contribution >= 4 is 0 Å². The molecule has 0 saturated carbocycles. The van der Waals surface area contributed by atoms with Crippen molar-refractivity contribution in [2.24, 2.45) is 5.73 Å². The summed E-state index contributed by atoms with van der Waals surface area (Å²) in [6.45, 7) is 9.40. The van der Waals surface area contributed by atoms with E-state index in [0.29, 0.717) is 13.2 Å². The Morgan fingerprint density at radius 3 is 2.35 bits per heavy atom. The molecule has 0 aliphatic carbocycles. The Hall–Kier alpha value is -1.10. The van der Waals surface area contributed by atoms with Gasteiger partial charge in [-0.3, -0.25) is 4.90 Å². The van der Waals surface area contributed by atoms with E-state index in [2.05, 4.69) is 30.9 Å². The molecule has 20 heavy (non-hydrogen) atoms. The Labute approximate surface area is 121 Å². The maximum absolute atomic E-state index is 6.01. The normalized spacial score (nSPS) is 25.4. The molecule has 1 saturated heterocycles. The minimum atomic E-state index is 0.250. The Morgan fingerprint density at radius 2 is 1.85 bits per heavy atom. The summed E-state index contributed by atoms with van der Waals surface area (Å²) in [6.07, 6.45) is 0.519. The van der Waals surface area contributed by atoms with Gasteiger partial charge in [-0.2, -0.15) is 0 Å². The fourth-order valence-corrected chi connectivity index (χ4v) is 2.92. The van der Waals surface area contributed by atoms with Crippen LogP contribution in [0.2, 0.25) is 0 Å². The summed E-state index contributed by atoms with van der Waals surface area (Å²) in [6, 6.07) is 8.53. The molecule has 0 amide bonds. The molecule has 3 atom stereocenters. The minimum absolute atomic E-state index is 0.250. The average Bonchev–Trinajstić information content (AvgIpc) is 2.41. The molecule has 1 aromatic carbocycles. The highest BCUT2D eigenvalue weighted by atomic mass is 16.5. The van der Waals surface area contributed by atoms with E-state index in [1.54, 1.807) is 0 Å². The lowest BCUT2D eigenvalue weighted by Crippen LogP contribution is -2.48. The Bertz CT molecular complexity index is 397. The molecule has 1 aliphatic rings. The average molecular weight is 278 g/mol. The Kier molecular flexibility index (Phi) is 5.40. The highest BCUT2D eigenvalue weighted by Crippen LogP contribution is 2.25. The van der Waals surface area contributed by atoms with Crippen LogP contribution in [0.4, 0.5) is 0 Å². The van der Waals surface area contributed by atoms with Gasteiger partial charge in [-0.25, -0.2) is 0 Å². The molecule has 4 nitrogen and oxygen atoms in total. The van der Waals surface area contributed by atoms with E-state index < -0.39 is 0 Å². The van der Waals surface area contributed by atoms with Crippen molar-refractivity contribution in [2.75, 3.05) is 26.2 Å². The largest absolute Gasteiger partial charge is 0.494 e. The molecule has 1 aromatic rings. The predicted octanol–water partition coefficient (Wildman–Crippen LogP) is 2.19. The van der Waals surface area contributed by atoms with Crippen molar-refractivity contribution in [1.29, 1.82) is 0 Å². The summed E-state index contributed by atoms with van der Waals surface area (Å²) in [4.78, 5) is 2.43. The van der Waals surface area contributed by atoms with Crippen molar-refractivity contribution in [3.8, 4) is 5.75 Å². The summed E-state index contributed by atoms with van der Waals surface area (Å²) in [5.74, 6) is 0.913. The molecule has 1 aliphatic heterocycles. The first kappa shape index (κ1) is 15.3. The van der Waals surface area contributed by atoms with Gasteiger partial charge >= 0.3 is 0 Å². The zero-order valence-electron chi connectivity index (χ0n) is 12.7. The zero-order valence-corrected chi connectivity index (χ0v) is 12.7. The third-order valence-corrected chi connectivity index (χ3v) is 3.69. The molecule has 0 radical (unpaired) electrons. The fourth-order valence-electron chi connectivity index (χ4n) is 2.92. The van der Waals surface area contributed by atoms with E-state index in [4.69, 9.17) is 15.2 Å². The molecule has 4 heteroatoms. The third kappa shape index (κ3) is 3.72. The summed E-state index contributed by atoms with van der Waals surface area (Å²) >= 11 is 0. The maximum atomic E-state index is 6.01. The van der Waals surface area contributed by atoms with Crippen LogP contribution in [0.25, 0.3) is 0 Å². The van der Waals surface area contributed by atoms with Crippen molar-refractivity contribution < 1.29 is 9.47 Å².